The van der Waals surface area contributed by atoms with Crippen LogP contribution in [0, 0.1) is 13.8 Å². The molecule has 0 atom stereocenters. The molecule has 0 radical (unpaired) electrons. The van der Waals surface area contributed by atoms with Crippen LogP contribution in [0.4, 0.5) is 8.78 Å². The van der Waals surface area contributed by atoms with E-state index < -0.39 is 16.5 Å². The Hall–Kier alpha value is -1.04. The van der Waals surface area contributed by atoms with Gasteiger partial charge in [-0.05, 0) is 48.3 Å². The third kappa shape index (κ3) is 3.21. The van der Waals surface area contributed by atoms with Crippen LogP contribution >= 0.6 is 15.9 Å². The Balaban J connectivity index is 3.25. The van der Waals surface area contributed by atoms with Crippen LogP contribution in [0.3, 0.4) is 0 Å². The summed E-state index contributed by atoms with van der Waals surface area (Å²) in [5.74, 6) is -0.542. The van der Waals surface area contributed by atoms with E-state index in [1.165, 1.54) is 13.0 Å². The van der Waals surface area contributed by atoms with E-state index in [0.29, 0.717) is 5.56 Å². The van der Waals surface area contributed by atoms with Crippen molar-refractivity contribution in [3.8, 4) is 0 Å². The minimum Gasteiger partial charge on any atom is -0.462 e. The number of alkyl halides is 3. The van der Waals surface area contributed by atoms with Crippen molar-refractivity contribution in [3.05, 3.63) is 28.6 Å². The number of esters is 1. The lowest BCUT2D eigenvalue weighted by molar-refractivity contribution is 0.0522. The van der Waals surface area contributed by atoms with Gasteiger partial charge in [0.05, 0.1) is 17.9 Å². The normalized spacial score (nSPS) is 11.4. The topological polar surface area (TPSA) is 39.2 Å². The van der Waals surface area contributed by atoms with Crippen molar-refractivity contribution < 1.29 is 18.3 Å². The van der Waals surface area contributed by atoms with Crippen LogP contribution in [0.15, 0.2) is 6.07 Å². The van der Waals surface area contributed by atoms with Gasteiger partial charge in [-0.25, -0.2) is 9.78 Å². The number of halogens is 3. The van der Waals surface area contributed by atoms with Gasteiger partial charge in [0.15, 0.2) is 0 Å². The zero-order valence-corrected chi connectivity index (χ0v) is 11.3. The van der Waals surface area contributed by atoms with Crippen LogP contribution in [-0.4, -0.2) is 17.6 Å². The smallest absolute Gasteiger partial charge is 0.343 e. The van der Waals surface area contributed by atoms with E-state index >= 15 is 0 Å². The summed E-state index contributed by atoms with van der Waals surface area (Å²) < 4.78 is 30.9. The summed E-state index contributed by atoms with van der Waals surface area (Å²) >= 11 is 2.24. The Bertz CT molecular complexity index is 421. The third-order valence-electron chi connectivity index (χ3n) is 2.17. The standard InChI is InChI=1S/C11H12BrF2NO2/c1-4-17-10(16)9-6(2)5-8(11(12,13)14)15-7(9)3/h5H,4H2,1-3H3. The van der Waals surface area contributed by atoms with Crippen molar-refractivity contribution in [1.82, 2.24) is 4.98 Å². The van der Waals surface area contributed by atoms with Crippen LogP contribution in [0.2, 0.25) is 0 Å². The predicted molar refractivity (Wildman–Crippen MR) is 62.5 cm³/mol. The summed E-state index contributed by atoms with van der Waals surface area (Å²) in [4.78, 5) is 12.1. The molecule has 1 heterocycles. The van der Waals surface area contributed by atoms with Crippen LogP contribution in [0.25, 0.3) is 0 Å². The lowest BCUT2D eigenvalue weighted by Crippen LogP contribution is -2.14. The van der Waals surface area contributed by atoms with Gasteiger partial charge in [-0.2, -0.15) is 8.78 Å². The first-order valence-corrected chi connectivity index (χ1v) is 5.79. The second-order valence-corrected chi connectivity index (χ2v) is 4.50. The van der Waals surface area contributed by atoms with E-state index in [1.807, 2.05) is 0 Å². The Labute approximate surface area is 106 Å². The molecule has 0 fully saturated rings. The number of aryl methyl sites for hydroxylation is 2. The molecule has 1 aromatic rings. The van der Waals surface area contributed by atoms with Crippen molar-refractivity contribution in [2.75, 3.05) is 6.61 Å². The Kier molecular flexibility index (Phi) is 4.19. The molecule has 0 aromatic carbocycles. The predicted octanol–water partition coefficient (Wildman–Crippen LogP) is 3.32. The van der Waals surface area contributed by atoms with Gasteiger partial charge in [-0.3, -0.25) is 0 Å². The minimum absolute atomic E-state index is 0.230. The number of aromatic nitrogens is 1. The van der Waals surface area contributed by atoms with E-state index in [2.05, 4.69) is 20.9 Å². The molecule has 0 saturated heterocycles. The van der Waals surface area contributed by atoms with Crippen molar-refractivity contribution in [2.45, 2.75) is 25.6 Å². The molecule has 0 amide bonds. The zero-order valence-electron chi connectivity index (χ0n) is 9.68. The van der Waals surface area contributed by atoms with Gasteiger partial charge in [0, 0.05) is 0 Å². The summed E-state index contributed by atoms with van der Waals surface area (Å²) in [5, 5.41) is 0. The van der Waals surface area contributed by atoms with E-state index in [1.54, 1.807) is 13.8 Å². The van der Waals surface area contributed by atoms with Crippen LogP contribution in [0.1, 0.15) is 34.2 Å². The molecule has 6 heteroatoms. The highest BCUT2D eigenvalue weighted by molar-refractivity contribution is 9.09. The molecule has 17 heavy (non-hydrogen) atoms. The second kappa shape index (κ2) is 5.08. The number of nitrogens with zero attached hydrogens (tertiary/aromatic N) is 1. The molecule has 0 aliphatic carbocycles. The summed E-state index contributed by atoms with van der Waals surface area (Å²) in [6, 6.07) is 1.17. The monoisotopic (exact) mass is 307 g/mol. The highest BCUT2D eigenvalue weighted by atomic mass is 79.9. The number of carbonyl (C=O) groups excluding carboxylic acids is 1. The number of hydrogen-bond donors (Lipinski definition) is 0. The average Bonchev–Trinajstić information content (AvgIpc) is 2.15. The van der Waals surface area contributed by atoms with Gasteiger partial charge >= 0.3 is 10.8 Å². The van der Waals surface area contributed by atoms with Crippen molar-refractivity contribution in [2.24, 2.45) is 0 Å². The minimum atomic E-state index is -3.20. The molecule has 1 aromatic heterocycles. The first-order chi connectivity index (χ1) is 7.77. The largest absolute Gasteiger partial charge is 0.462 e. The molecule has 0 bridgehead atoms. The third-order valence-corrected chi connectivity index (χ3v) is 2.57. The molecule has 0 unspecified atom stereocenters. The summed E-state index contributed by atoms with van der Waals surface area (Å²) in [7, 11) is 0. The lowest BCUT2D eigenvalue weighted by Gasteiger charge is -2.13. The van der Waals surface area contributed by atoms with Gasteiger partial charge in [-0.15, -0.1) is 0 Å². The molecule has 94 valence electrons. The summed E-state index contributed by atoms with van der Waals surface area (Å²) in [5.41, 5.74) is 0.482. The second-order valence-electron chi connectivity index (χ2n) is 3.50. The lowest BCUT2D eigenvalue weighted by atomic mass is 10.1. The van der Waals surface area contributed by atoms with E-state index in [4.69, 9.17) is 4.74 Å². The van der Waals surface area contributed by atoms with Crippen molar-refractivity contribution in [3.63, 3.8) is 0 Å². The zero-order chi connectivity index (χ0) is 13.2. The van der Waals surface area contributed by atoms with E-state index in [0.717, 1.165) is 0 Å². The quantitative estimate of drug-likeness (QED) is 0.635. The SMILES string of the molecule is CCOC(=O)c1c(C)cc(C(F)(F)Br)nc1C. The van der Waals surface area contributed by atoms with Crippen LogP contribution < -0.4 is 0 Å². The van der Waals surface area contributed by atoms with E-state index in [9.17, 15) is 13.6 Å². The van der Waals surface area contributed by atoms with Crippen LogP contribution in [0.5, 0.6) is 0 Å². The highest BCUT2D eigenvalue weighted by Crippen LogP contribution is 2.34. The molecule has 0 spiro atoms. The molecule has 3 nitrogen and oxygen atoms in total. The Morgan fingerprint density at radius 3 is 2.53 bits per heavy atom. The van der Waals surface area contributed by atoms with E-state index in [-0.39, 0.29) is 17.9 Å². The van der Waals surface area contributed by atoms with Crippen molar-refractivity contribution >= 4 is 21.9 Å². The number of rotatable bonds is 3. The van der Waals surface area contributed by atoms with Crippen LogP contribution in [-0.2, 0) is 9.57 Å². The van der Waals surface area contributed by atoms with Gasteiger partial charge < -0.3 is 4.74 Å². The van der Waals surface area contributed by atoms with Gasteiger partial charge in [0.1, 0.15) is 5.69 Å². The number of ether oxygens (including phenoxy) is 1. The molecule has 1 rings (SSSR count). The Morgan fingerprint density at radius 2 is 2.12 bits per heavy atom. The highest BCUT2D eigenvalue weighted by Gasteiger charge is 2.30. The van der Waals surface area contributed by atoms with Gasteiger partial charge in [0.25, 0.3) is 0 Å². The number of carbonyl (C=O) groups is 1. The molecule has 0 aliphatic heterocycles. The maximum Gasteiger partial charge on any atom is 0.343 e. The molecular formula is C11H12BrF2NO2. The maximum atomic E-state index is 13.0. The van der Waals surface area contributed by atoms with Gasteiger partial charge in [-0.1, -0.05) is 0 Å². The first-order valence-electron chi connectivity index (χ1n) is 5.00. The fraction of sp³-hybridized carbons (Fsp3) is 0.455. The molecule has 0 N–H and O–H groups in total. The number of hydrogen-bond acceptors (Lipinski definition) is 3. The Morgan fingerprint density at radius 1 is 1.53 bits per heavy atom. The maximum absolute atomic E-state index is 13.0. The fourth-order valence-electron chi connectivity index (χ4n) is 1.49. The molecule has 0 saturated carbocycles. The first kappa shape index (κ1) is 14.0. The summed E-state index contributed by atoms with van der Waals surface area (Å²) in [6.45, 7) is 4.98. The number of pyridine rings is 1. The average molecular weight is 308 g/mol. The fourth-order valence-corrected chi connectivity index (χ4v) is 1.69. The summed E-state index contributed by atoms with van der Waals surface area (Å²) in [6.07, 6.45) is 0. The van der Waals surface area contributed by atoms with Gasteiger partial charge in [0.2, 0.25) is 0 Å². The molecule has 0 aliphatic rings. The molecular weight excluding hydrogens is 296 g/mol. The van der Waals surface area contributed by atoms with Crippen molar-refractivity contribution in [1.29, 1.82) is 0 Å².